The number of carbonyl (C=O) groups excluding carboxylic acids is 3. The Morgan fingerprint density at radius 2 is 1.79 bits per heavy atom. The van der Waals surface area contributed by atoms with Crippen molar-refractivity contribution >= 4 is 28.0 Å². The van der Waals surface area contributed by atoms with Crippen molar-refractivity contribution in [2.24, 2.45) is 5.92 Å². The minimum atomic E-state index is -3.60. The number of ether oxygens (including phenoxy) is 2. The number of amides is 2. The highest BCUT2D eigenvalue weighted by Gasteiger charge is 2.30. The molecule has 1 aromatic rings. The lowest BCUT2D eigenvalue weighted by Crippen LogP contribution is -2.37. The van der Waals surface area contributed by atoms with Crippen LogP contribution in [0.1, 0.15) is 30.1 Å². The van der Waals surface area contributed by atoms with E-state index in [0.29, 0.717) is 19.0 Å². The van der Waals surface area contributed by atoms with Gasteiger partial charge in [-0.3, -0.25) is 4.79 Å². The van der Waals surface area contributed by atoms with E-state index in [2.05, 4.69) is 11.7 Å². The van der Waals surface area contributed by atoms with E-state index >= 15 is 0 Å². The Morgan fingerprint density at radius 3 is 2.36 bits per heavy atom. The summed E-state index contributed by atoms with van der Waals surface area (Å²) in [6.07, 6.45) is 0.882. The smallest absolute Gasteiger partial charge is 0.416 e. The summed E-state index contributed by atoms with van der Waals surface area (Å²) >= 11 is 0. The fourth-order valence-corrected chi connectivity index (χ4v) is 4.52. The zero-order valence-electron chi connectivity index (χ0n) is 15.5. The van der Waals surface area contributed by atoms with Crippen LogP contribution in [0.25, 0.3) is 0 Å². The molecule has 2 saturated heterocycles. The number of hydrogen-bond donors (Lipinski definition) is 0. The molecule has 9 nitrogen and oxygen atoms in total. The first kappa shape index (κ1) is 20.3. The highest BCUT2D eigenvalue weighted by molar-refractivity contribution is 7.89. The van der Waals surface area contributed by atoms with Crippen molar-refractivity contribution < 1.29 is 32.3 Å². The summed E-state index contributed by atoms with van der Waals surface area (Å²) in [6.45, 7) is 2.70. The normalized spacial score (nSPS) is 18.8. The lowest BCUT2D eigenvalue weighted by Gasteiger charge is -2.29. The van der Waals surface area contributed by atoms with Crippen LogP contribution in [-0.2, 0) is 24.3 Å². The molecule has 3 rings (SSSR count). The summed E-state index contributed by atoms with van der Waals surface area (Å²) in [5, 5.41) is 0. The van der Waals surface area contributed by atoms with Crippen LogP contribution in [0.3, 0.4) is 0 Å². The summed E-state index contributed by atoms with van der Waals surface area (Å²) < 4.78 is 36.4. The predicted octanol–water partition coefficient (Wildman–Crippen LogP) is 1.24. The lowest BCUT2D eigenvalue weighted by molar-refractivity contribution is -0.131. The van der Waals surface area contributed by atoms with Crippen molar-refractivity contribution in [3.63, 3.8) is 0 Å². The van der Waals surface area contributed by atoms with Gasteiger partial charge in [-0.15, -0.1) is 0 Å². The molecule has 2 aliphatic rings. The molecule has 0 saturated carbocycles. The topological polar surface area (TPSA) is 110 Å². The van der Waals surface area contributed by atoms with Gasteiger partial charge in [0.15, 0.2) is 6.61 Å². The van der Waals surface area contributed by atoms with Gasteiger partial charge in [-0.1, -0.05) is 6.92 Å². The Labute approximate surface area is 163 Å². The first-order valence-electron chi connectivity index (χ1n) is 9.03. The number of hydrogen-bond acceptors (Lipinski definition) is 7. The quantitative estimate of drug-likeness (QED) is 0.672. The Bertz CT molecular complexity index is 858. The van der Waals surface area contributed by atoms with Crippen LogP contribution in [0.2, 0.25) is 0 Å². The fraction of sp³-hybridized carbons (Fsp3) is 0.500. The third kappa shape index (κ3) is 4.33. The van der Waals surface area contributed by atoms with Crippen LogP contribution < -0.4 is 0 Å². The summed E-state index contributed by atoms with van der Waals surface area (Å²) in [4.78, 5) is 36.2. The van der Waals surface area contributed by atoms with E-state index < -0.39 is 34.6 Å². The summed E-state index contributed by atoms with van der Waals surface area (Å²) in [5.41, 5.74) is 0.114. The van der Waals surface area contributed by atoms with Crippen LogP contribution in [0.4, 0.5) is 4.79 Å². The zero-order valence-corrected chi connectivity index (χ0v) is 16.3. The van der Waals surface area contributed by atoms with Gasteiger partial charge in [0, 0.05) is 13.1 Å². The van der Waals surface area contributed by atoms with Gasteiger partial charge in [-0.2, -0.15) is 4.31 Å². The lowest BCUT2D eigenvalue weighted by atomic mass is 10.0. The number of esters is 1. The first-order valence-corrected chi connectivity index (χ1v) is 10.5. The number of cyclic esters (lactones) is 1. The second kappa shape index (κ2) is 8.27. The second-order valence-electron chi connectivity index (χ2n) is 6.85. The van der Waals surface area contributed by atoms with Crippen LogP contribution >= 0.6 is 0 Å². The monoisotopic (exact) mass is 410 g/mol. The number of carbonyl (C=O) groups is 3. The number of benzene rings is 1. The average molecular weight is 410 g/mol. The van der Waals surface area contributed by atoms with E-state index in [-0.39, 0.29) is 23.6 Å². The maximum Gasteiger partial charge on any atom is 0.416 e. The van der Waals surface area contributed by atoms with Crippen LogP contribution in [-0.4, -0.2) is 68.4 Å². The SMILES string of the molecule is CC1CCN(S(=O)(=O)c2ccc(C(=O)OCC(=O)N3CCOC3=O)cc2)CC1. The molecule has 0 aliphatic carbocycles. The summed E-state index contributed by atoms with van der Waals surface area (Å²) in [5.74, 6) is -0.945. The molecule has 28 heavy (non-hydrogen) atoms. The molecule has 10 heteroatoms. The predicted molar refractivity (Wildman–Crippen MR) is 96.9 cm³/mol. The van der Waals surface area contributed by atoms with Crippen LogP contribution in [0.5, 0.6) is 0 Å². The summed E-state index contributed by atoms with van der Waals surface area (Å²) in [7, 11) is -3.60. The molecule has 2 aliphatic heterocycles. The highest BCUT2D eigenvalue weighted by Crippen LogP contribution is 2.23. The Morgan fingerprint density at radius 1 is 1.14 bits per heavy atom. The van der Waals surface area contributed by atoms with Crippen molar-refractivity contribution in [3.8, 4) is 0 Å². The van der Waals surface area contributed by atoms with Gasteiger partial charge in [-0.05, 0) is 43.0 Å². The number of nitrogens with zero attached hydrogens (tertiary/aromatic N) is 2. The van der Waals surface area contributed by atoms with Gasteiger partial charge in [0.25, 0.3) is 5.91 Å². The molecule has 0 N–H and O–H groups in total. The van der Waals surface area contributed by atoms with Gasteiger partial charge >= 0.3 is 12.1 Å². The highest BCUT2D eigenvalue weighted by atomic mass is 32.2. The van der Waals surface area contributed by atoms with E-state index in [9.17, 15) is 22.8 Å². The number of sulfonamides is 1. The van der Waals surface area contributed by atoms with Gasteiger partial charge in [0.1, 0.15) is 6.61 Å². The Kier molecular flexibility index (Phi) is 5.99. The van der Waals surface area contributed by atoms with Crippen molar-refractivity contribution in [3.05, 3.63) is 29.8 Å². The minimum Gasteiger partial charge on any atom is -0.452 e. The molecular weight excluding hydrogens is 388 g/mol. The molecule has 2 heterocycles. The Balaban J connectivity index is 1.59. The molecular formula is C18H22N2O7S. The van der Waals surface area contributed by atoms with Crippen molar-refractivity contribution in [2.75, 3.05) is 32.8 Å². The third-order valence-electron chi connectivity index (χ3n) is 4.86. The first-order chi connectivity index (χ1) is 13.3. The van der Waals surface area contributed by atoms with Crippen LogP contribution in [0, 0.1) is 5.92 Å². The zero-order chi connectivity index (χ0) is 20.3. The van der Waals surface area contributed by atoms with E-state index in [0.717, 1.165) is 17.7 Å². The Hall–Kier alpha value is -2.46. The van der Waals surface area contributed by atoms with Crippen molar-refractivity contribution in [1.29, 1.82) is 0 Å². The van der Waals surface area contributed by atoms with Crippen LogP contribution in [0.15, 0.2) is 29.2 Å². The molecule has 0 atom stereocenters. The van der Waals surface area contributed by atoms with Crippen molar-refractivity contribution in [2.45, 2.75) is 24.7 Å². The molecule has 152 valence electrons. The average Bonchev–Trinajstić information content (AvgIpc) is 3.12. The van der Waals surface area contributed by atoms with E-state index in [1.54, 1.807) is 0 Å². The van der Waals surface area contributed by atoms with E-state index in [4.69, 9.17) is 4.74 Å². The summed E-state index contributed by atoms with van der Waals surface area (Å²) in [6, 6.07) is 5.39. The maximum atomic E-state index is 12.7. The third-order valence-corrected chi connectivity index (χ3v) is 6.77. The fourth-order valence-electron chi connectivity index (χ4n) is 3.05. The van der Waals surface area contributed by atoms with Crippen molar-refractivity contribution in [1.82, 2.24) is 9.21 Å². The van der Waals surface area contributed by atoms with Gasteiger partial charge in [-0.25, -0.2) is 22.9 Å². The largest absolute Gasteiger partial charge is 0.452 e. The maximum absolute atomic E-state index is 12.7. The van der Waals surface area contributed by atoms with E-state index in [1.165, 1.54) is 28.6 Å². The number of rotatable bonds is 5. The molecule has 2 fully saturated rings. The second-order valence-corrected chi connectivity index (χ2v) is 8.78. The number of piperidine rings is 1. The molecule has 0 spiro atoms. The molecule has 2 amide bonds. The van der Waals surface area contributed by atoms with Gasteiger partial charge in [0.2, 0.25) is 10.0 Å². The number of imide groups is 1. The minimum absolute atomic E-state index is 0.106. The molecule has 0 aromatic heterocycles. The molecule has 0 radical (unpaired) electrons. The van der Waals surface area contributed by atoms with E-state index in [1.807, 2.05) is 0 Å². The standard InChI is InChI=1S/C18H22N2O7S/c1-13-6-8-19(9-7-13)28(24,25)15-4-2-14(3-5-15)17(22)27-12-16(21)20-10-11-26-18(20)23/h2-5,13H,6-12H2,1H3. The van der Waals surface area contributed by atoms with Gasteiger partial charge in [0.05, 0.1) is 17.0 Å². The molecule has 0 unspecified atom stereocenters. The van der Waals surface area contributed by atoms with Gasteiger partial charge < -0.3 is 9.47 Å². The molecule has 1 aromatic carbocycles. The molecule has 0 bridgehead atoms.